The third-order valence-electron chi connectivity index (χ3n) is 12.2. The lowest BCUT2D eigenvalue weighted by Crippen LogP contribution is -2.51. The monoisotopic (exact) mass is 726 g/mol. The molecule has 3 aromatic rings. The second-order valence-electron chi connectivity index (χ2n) is 15.5. The van der Waals surface area contributed by atoms with Crippen molar-refractivity contribution in [1.82, 2.24) is 24.7 Å². The van der Waals surface area contributed by atoms with Gasteiger partial charge in [-0.2, -0.15) is 9.97 Å². The van der Waals surface area contributed by atoms with Gasteiger partial charge in [-0.3, -0.25) is 14.6 Å². The fourth-order valence-electron chi connectivity index (χ4n) is 9.13. The second-order valence-corrected chi connectivity index (χ2v) is 15.5. The van der Waals surface area contributed by atoms with Crippen LogP contribution < -0.4 is 10.1 Å². The van der Waals surface area contributed by atoms with Gasteiger partial charge in [0.1, 0.15) is 30.2 Å². The van der Waals surface area contributed by atoms with Crippen molar-refractivity contribution < 1.29 is 22.7 Å². The summed E-state index contributed by atoms with van der Waals surface area (Å²) in [5.41, 5.74) is 3.98. The number of likely N-dealkylation sites (tertiary alicyclic amines) is 1. The summed E-state index contributed by atoms with van der Waals surface area (Å²) in [6, 6.07) is 9.76. The van der Waals surface area contributed by atoms with Crippen LogP contribution in [0.3, 0.4) is 0 Å². The van der Waals surface area contributed by atoms with Crippen molar-refractivity contribution in [3.05, 3.63) is 94.2 Å². The van der Waals surface area contributed by atoms with E-state index in [1.807, 2.05) is 24.9 Å². The molecule has 53 heavy (non-hydrogen) atoms. The van der Waals surface area contributed by atoms with Crippen LogP contribution in [0.15, 0.2) is 49.1 Å². The highest BCUT2D eigenvalue weighted by Gasteiger charge is 2.44. The average molecular weight is 727 g/mol. The van der Waals surface area contributed by atoms with Crippen LogP contribution in [0, 0.1) is 24.0 Å². The number of alkyl halides is 1. The van der Waals surface area contributed by atoms with E-state index in [4.69, 9.17) is 21.1 Å². The summed E-state index contributed by atoms with van der Waals surface area (Å²) >= 11 is 0. The van der Waals surface area contributed by atoms with E-state index < -0.39 is 11.7 Å². The SMILES string of the molecule is C#Cc1c(F)ccc2c1[C@@H](N1CCc3c(nc(OC[C@]4(C)C[C@@H](F)CN4Cc4ccc(F)cc4)nc3NCC3(N(C)C(=O)C=C)CCCC3)C1)CCC2. The number of nitrogens with one attached hydrogen (secondary N) is 1. The Kier molecular flexibility index (Phi) is 10.6. The summed E-state index contributed by atoms with van der Waals surface area (Å²) in [7, 11) is 1.84. The quantitative estimate of drug-likeness (QED) is 0.170. The Morgan fingerprint density at radius 2 is 1.92 bits per heavy atom. The second kappa shape index (κ2) is 15.2. The number of rotatable bonds is 11. The standard InChI is InChI=1S/C42H49F3N6O2/c1-5-32-34(45)17-14-29-10-9-11-36(38(29)32)50-21-18-33-35(25-50)47-40(48-39(33)46-26-42(19-7-8-20-42)49(4)37(52)6-2)53-27-41(3)22-31(44)24-51(41)23-28-12-15-30(43)16-13-28/h1,6,12-17,31,36H,2,7-11,18-27H2,3-4H3,(H,46,47,48)/t31-,36+,41+/m1/s1. The molecule has 8 nitrogen and oxygen atoms in total. The third kappa shape index (κ3) is 7.41. The zero-order chi connectivity index (χ0) is 37.3. The predicted octanol–water partition coefficient (Wildman–Crippen LogP) is 6.92. The molecule has 2 aliphatic carbocycles. The maximum atomic E-state index is 15.0. The Morgan fingerprint density at radius 1 is 1.15 bits per heavy atom. The van der Waals surface area contributed by atoms with E-state index in [1.54, 1.807) is 17.0 Å². The predicted molar refractivity (Wildman–Crippen MR) is 199 cm³/mol. The van der Waals surface area contributed by atoms with E-state index in [1.165, 1.54) is 24.3 Å². The highest BCUT2D eigenvalue weighted by molar-refractivity contribution is 5.87. The van der Waals surface area contributed by atoms with Gasteiger partial charge in [0.2, 0.25) is 5.91 Å². The number of amides is 1. The number of hydrogen-bond acceptors (Lipinski definition) is 7. The van der Waals surface area contributed by atoms with Gasteiger partial charge in [-0.15, -0.1) is 6.42 Å². The minimum absolute atomic E-state index is 0.0522. The molecule has 1 N–H and O–H groups in total. The molecule has 2 aromatic carbocycles. The summed E-state index contributed by atoms with van der Waals surface area (Å²) in [5, 5.41) is 3.63. The number of aromatic nitrogens is 2. The number of likely N-dealkylation sites (N-methyl/N-ethyl adjacent to an activating group) is 1. The normalized spacial score (nSPS) is 23.8. The van der Waals surface area contributed by atoms with Crippen molar-refractivity contribution in [1.29, 1.82) is 0 Å². The zero-order valence-corrected chi connectivity index (χ0v) is 30.8. The number of fused-ring (bicyclic) bond motifs is 2. The lowest BCUT2D eigenvalue weighted by Gasteiger charge is -2.40. The molecule has 1 amide bonds. The number of ether oxygens (including phenoxy) is 1. The Morgan fingerprint density at radius 3 is 2.66 bits per heavy atom. The van der Waals surface area contributed by atoms with E-state index in [0.717, 1.165) is 72.9 Å². The Labute approximate surface area is 310 Å². The molecule has 0 unspecified atom stereocenters. The first-order valence-electron chi connectivity index (χ1n) is 18.8. The van der Waals surface area contributed by atoms with Crippen LogP contribution in [-0.4, -0.2) is 81.1 Å². The molecule has 3 atom stereocenters. The van der Waals surface area contributed by atoms with Gasteiger partial charge in [0.25, 0.3) is 0 Å². The van der Waals surface area contributed by atoms with Gasteiger partial charge in [0, 0.05) is 57.8 Å². The summed E-state index contributed by atoms with van der Waals surface area (Å²) in [5.74, 6) is 2.50. The fraction of sp³-hybridized carbons (Fsp3) is 0.500. The number of benzene rings is 2. The Balaban J connectivity index is 1.18. The minimum Gasteiger partial charge on any atom is -0.461 e. The maximum Gasteiger partial charge on any atom is 0.318 e. The molecule has 2 aliphatic heterocycles. The van der Waals surface area contributed by atoms with Gasteiger partial charge < -0.3 is 15.0 Å². The van der Waals surface area contributed by atoms with E-state index in [9.17, 15) is 13.6 Å². The van der Waals surface area contributed by atoms with Crippen LogP contribution in [-0.2, 0) is 30.7 Å². The Hall–Kier alpha value is -4.40. The van der Waals surface area contributed by atoms with Gasteiger partial charge in [0.05, 0.1) is 22.3 Å². The van der Waals surface area contributed by atoms with Crippen LogP contribution in [0.5, 0.6) is 6.01 Å². The van der Waals surface area contributed by atoms with Crippen LogP contribution in [0.1, 0.15) is 91.4 Å². The highest BCUT2D eigenvalue weighted by Crippen LogP contribution is 2.41. The molecule has 1 aromatic heterocycles. The Bertz CT molecular complexity index is 1890. The van der Waals surface area contributed by atoms with E-state index in [2.05, 4.69) is 22.7 Å². The number of aryl methyl sites for hydroxylation is 1. The summed E-state index contributed by atoms with van der Waals surface area (Å²) in [6.07, 6.45) is 13.6. The molecule has 0 radical (unpaired) electrons. The zero-order valence-electron chi connectivity index (χ0n) is 30.8. The molecule has 1 saturated heterocycles. The van der Waals surface area contributed by atoms with Gasteiger partial charge in [-0.05, 0) is 86.4 Å². The largest absolute Gasteiger partial charge is 0.461 e. The van der Waals surface area contributed by atoms with Crippen molar-refractivity contribution in [2.45, 2.75) is 101 Å². The number of hydrogen-bond donors (Lipinski definition) is 1. The lowest BCUT2D eigenvalue weighted by atomic mass is 9.83. The third-order valence-corrected chi connectivity index (χ3v) is 12.2. The molecule has 2 fully saturated rings. The summed E-state index contributed by atoms with van der Waals surface area (Å²) in [4.78, 5) is 28.9. The molecule has 3 heterocycles. The number of nitrogens with zero attached hydrogens (tertiary/aromatic N) is 5. The number of carbonyl (C=O) groups excluding carboxylic acids is 1. The van der Waals surface area contributed by atoms with Crippen LogP contribution in [0.4, 0.5) is 19.0 Å². The summed E-state index contributed by atoms with van der Waals surface area (Å²) in [6.45, 7) is 8.25. The first-order chi connectivity index (χ1) is 25.5. The molecular formula is C42H49F3N6O2. The van der Waals surface area contributed by atoms with E-state index in [0.29, 0.717) is 44.0 Å². The number of carbonyl (C=O) groups is 1. The molecule has 0 spiro atoms. The number of terminal acetylenes is 1. The van der Waals surface area contributed by atoms with E-state index in [-0.39, 0.29) is 54.7 Å². The molecule has 0 bridgehead atoms. The van der Waals surface area contributed by atoms with E-state index >= 15 is 4.39 Å². The van der Waals surface area contributed by atoms with Gasteiger partial charge in [-0.1, -0.05) is 43.5 Å². The summed E-state index contributed by atoms with van der Waals surface area (Å²) < 4.78 is 50.0. The van der Waals surface area contributed by atoms with Crippen LogP contribution in [0.2, 0.25) is 0 Å². The van der Waals surface area contributed by atoms with Crippen molar-refractivity contribution >= 4 is 11.7 Å². The topological polar surface area (TPSA) is 73.8 Å². The van der Waals surface area contributed by atoms with Crippen molar-refractivity contribution in [2.75, 3.05) is 38.6 Å². The van der Waals surface area contributed by atoms with Crippen LogP contribution >= 0.6 is 0 Å². The van der Waals surface area contributed by atoms with Crippen molar-refractivity contribution in [3.8, 4) is 18.4 Å². The number of halogens is 3. The smallest absolute Gasteiger partial charge is 0.318 e. The maximum absolute atomic E-state index is 15.0. The van der Waals surface area contributed by atoms with Crippen molar-refractivity contribution in [2.24, 2.45) is 0 Å². The number of anilines is 1. The molecular weight excluding hydrogens is 677 g/mol. The minimum atomic E-state index is -1.03. The van der Waals surface area contributed by atoms with Gasteiger partial charge in [0.15, 0.2) is 0 Å². The van der Waals surface area contributed by atoms with Gasteiger partial charge in [-0.25, -0.2) is 13.2 Å². The molecule has 4 aliphatic rings. The molecule has 280 valence electrons. The van der Waals surface area contributed by atoms with Crippen LogP contribution in [0.25, 0.3) is 0 Å². The molecule has 1 saturated carbocycles. The average Bonchev–Trinajstić information content (AvgIpc) is 3.76. The van der Waals surface area contributed by atoms with Gasteiger partial charge >= 0.3 is 6.01 Å². The first kappa shape index (κ1) is 36.9. The molecule has 11 heteroatoms. The first-order valence-corrected chi connectivity index (χ1v) is 18.8. The van der Waals surface area contributed by atoms with Crippen molar-refractivity contribution in [3.63, 3.8) is 0 Å². The fourth-order valence-corrected chi connectivity index (χ4v) is 9.13. The highest BCUT2D eigenvalue weighted by atomic mass is 19.1. The molecule has 7 rings (SSSR count). The lowest BCUT2D eigenvalue weighted by molar-refractivity contribution is -0.129.